The molecule has 1 atom stereocenters. The Labute approximate surface area is 237 Å². The molecule has 0 rings (SSSR count). The summed E-state index contributed by atoms with van der Waals surface area (Å²) in [5.74, 6) is -1.09. The number of rotatable bonds is 31. The first-order valence-electron chi connectivity index (χ1n) is 17.0. The fourth-order valence-corrected chi connectivity index (χ4v) is 5.32. The summed E-state index contributed by atoms with van der Waals surface area (Å²) in [4.78, 5) is 23.5. The van der Waals surface area contributed by atoms with Crippen LogP contribution in [0.25, 0.3) is 0 Å². The van der Waals surface area contributed by atoms with Gasteiger partial charge in [0, 0.05) is 6.42 Å². The Hall–Kier alpha value is -1.06. The molecule has 0 aromatic heterocycles. The molecule has 0 amide bonds. The van der Waals surface area contributed by atoms with Gasteiger partial charge in [0.15, 0.2) is 0 Å². The third kappa shape index (κ3) is 29.5. The second-order valence-electron chi connectivity index (χ2n) is 11.7. The fraction of sp³-hybridized carbons (Fsp3) is 0.941. The summed E-state index contributed by atoms with van der Waals surface area (Å²) in [5, 5.41) is 9.21. The van der Waals surface area contributed by atoms with Crippen LogP contribution in [-0.2, 0) is 14.3 Å². The van der Waals surface area contributed by atoms with Crippen molar-refractivity contribution in [3.8, 4) is 0 Å². The Morgan fingerprint density at radius 2 is 0.816 bits per heavy atom. The van der Waals surface area contributed by atoms with Crippen LogP contribution in [0.1, 0.15) is 200 Å². The minimum Gasteiger partial charge on any atom is -0.481 e. The number of carbonyl (C=O) groups excluding carboxylic acids is 1. The Morgan fingerprint density at radius 1 is 0.500 bits per heavy atom. The number of unbranched alkanes of at least 4 members (excludes halogenated alkanes) is 24. The molecule has 0 heterocycles. The van der Waals surface area contributed by atoms with Gasteiger partial charge in [0.1, 0.15) is 6.10 Å². The highest BCUT2D eigenvalue weighted by molar-refractivity contribution is 5.71. The zero-order valence-corrected chi connectivity index (χ0v) is 25.8. The van der Waals surface area contributed by atoms with Crippen molar-refractivity contribution in [3.63, 3.8) is 0 Å². The monoisotopic (exact) mass is 538 g/mol. The number of aliphatic carboxylic acids is 1. The molecule has 0 saturated heterocycles. The molecule has 0 fully saturated rings. The van der Waals surface area contributed by atoms with E-state index in [0.29, 0.717) is 12.8 Å². The Morgan fingerprint density at radius 3 is 1.16 bits per heavy atom. The SMILES string of the molecule is CCCCCCCCCCCCCCCC(=O)OC(CCCCCCCCCCCCCCC)CC(=O)O. The molecule has 4 nitrogen and oxygen atoms in total. The minimum atomic E-state index is -0.876. The number of esters is 1. The maximum Gasteiger partial charge on any atom is 0.307 e. The van der Waals surface area contributed by atoms with Gasteiger partial charge in [-0.05, 0) is 19.3 Å². The molecule has 0 aromatic rings. The molecule has 0 spiro atoms. The molecule has 0 aliphatic rings. The van der Waals surface area contributed by atoms with Gasteiger partial charge in [-0.2, -0.15) is 0 Å². The molecule has 1 N–H and O–H groups in total. The lowest BCUT2D eigenvalue weighted by Gasteiger charge is -2.16. The van der Waals surface area contributed by atoms with Gasteiger partial charge in [-0.25, -0.2) is 0 Å². The molecule has 4 heteroatoms. The minimum absolute atomic E-state index is 0.0669. The zero-order valence-electron chi connectivity index (χ0n) is 25.8. The maximum absolute atomic E-state index is 12.3. The lowest BCUT2D eigenvalue weighted by Crippen LogP contribution is -2.21. The lowest BCUT2D eigenvalue weighted by atomic mass is 10.0. The highest BCUT2D eigenvalue weighted by atomic mass is 16.5. The highest BCUT2D eigenvalue weighted by Gasteiger charge is 2.17. The van der Waals surface area contributed by atoms with Crippen LogP contribution < -0.4 is 0 Å². The number of carboxylic acid groups (broad SMARTS) is 1. The summed E-state index contributed by atoms with van der Waals surface area (Å²) in [6, 6.07) is 0. The van der Waals surface area contributed by atoms with Crippen molar-refractivity contribution < 1.29 is 19.4 Å². The molecule has 0 bridgehead atoms. The molecule has 0 saturated carbocycles. The average molecular weight is 539 g/mol. The zero-order chi connectivity index (χ0) is 27.9. The van der Waals surface area contributed by atoms with Crippen molar-refractivity contribution in [3.05, 3.63) is 0 Å². The van der Waals surface area contributed by atoms with Crippen LogP contribution in [0.4, 0.5) is 0 Å². The molecule has 0 aliphatic heterocycles. The van der Waals surface area contributed by atoms with Gasteiger partial charge in [0.25, 0.3) is 0 Å². The van der Waals surface area contributed by atoms with Gasteiger partial charge in [0.2, 0.25) is 0 Å². The van der Waals surface area contributed by atoms with Crippen LogP contribution in [-0.4, -0.2) is 23.1 Å². The molecule has 38 heavy (non-hydrogen) atoms. The van der Waals surface area contributed by atoms with Crippen LogP contribution in [0.2, 0.25) is 0 Å². The normalized spacial score (nSPS) is 12.1. The van der Waals surface area contributed by atoms with E-state index in [1.807, 2.05) is 0 Å². The van der Waals surface area contributed by atoms with Gasteiger partial charge in [-0.15, -0.1) is 0 Å². The molecular weight excluding hydrogens is 472 g/mol. The summed E-state index contributed by atoms with van der Waals surface area (Å²) in [6.07, 6.45) is 34.0. The van der Waals surface area contributed by atoms with E-state index in [1.54, 1.807) is 0 Å². The summed E-state index contributed by atoms with van der Waals surface area (Å²) in [6.45, 7) is 4.53. The smallest absolute Gasteiger partial charge is 0.307 e. The van der Waals surface area contributed by atoms with Crippen molar-refractivity contribution in [2.75, 3.05) is 0 Å². The van der Waals surface area contributed by atoms with Crippen molar-refractivity contribution in [2.45, 2.75) is 206 Å². The second-order valence-corrected chi connectivity index (χ2v) is 11.7. The van der Waals surface area contributed by atoms with Crippen LogP contribution in [0, 0.1) is 0 Å². The molecule has 0 aromatic carbocycles. The van der Waals surface area contributed by atoms with E-state index < -0.39 is 12.1 Å². The maximum atomic E-state index is 12.3. The first-order valence-corrected chi connectivity index (χ1v) is 17.0. The Kier molecular flexibility index (Phi) is 29.6. The predicted octanol–water partition coefficient (Wildman–Crippen LogP) is 11.3. The van der Waals surface area contributed by atoms with E-state index >= 15 is 0 Å². The van der Waals surface area contributed by atoms with E-state index in [-0.39, 0.29) is 12.4 Å². The summed E-state index contributed by atoms with van der Waals surface area (Å²) >= 11 is 0. The van der Waals surface area contributed by atoms with E-state index in [9.17, 15) is 14.7 Å². The number of ether oxygens (including phenoxy) is 1. The van der Waals surface area contributed by atoms with Gasteiger partial charge in [-0.3, -0.25) is 9.59 Å². The number of carbonyl (C=O) groups is 2. The average Bonchev–Trinajstić information content (AvgIpc) is 2.89. The summed E-state index contributed by atoms with van der Waals surface area (Å²) < 4.78 is 5.56. The van der Waals surface area contributed by atoms with E-state index in [1.165, 1.54) is 141 Å². The molecule has 0 radical (unpaired) electrons. The van der Waals surface area contributed by atoms with Gasteiger partial charge < -0.3 is 9.84 Å². The quantitative estimate of drug-likeness (QED) is 0.0704. The lowest BCUT2D eigenvalue weighted by molar-refractivity contribution is -0.153. The van der Waals surface area contributed by atoms with Crippen LogP contribution in [0.5, 0.6) is 0 Å². The number of hydrogen-bond acceptors (Lipinski definition) is 3. The van der Waals surface area contributed by atoms with Gasteiger partial charge in [0.05, 0.1) is 6.42 Å². The largest absolute Gasteiger partial charge is 0.481 e. The van der Waals surface area contributed by atoms with Crippen molar-refractivity contribution in [1.29, 1.82) is 0 Å². The van der Waals surface area contributed by atoms with E-state index in [4.69, 9.17) is 4.74 Å². The van der Waals surface area contributed by atoms with Crippen LogP contribution in [0.15, 0.2) is 0 Å². The second kappa shape index (κ2) is 30.5. The molecule has 1 unspecified atom stereocenters. The molecule has 226 valence electrons. The Bertz CT molecular complexity index is 505. The van der Waals surface area contributed by atoms with Gasteiger partial charge >= 0.3 is 11.9 Å². The third-order valence-corrected chi connectivity index (χ3v) is 7.81. The summed E-state index contributed by atoms with van der Waals surface area (Å²) in [5.41, 5.74) is 0. The first-order chi connectivity index (χ1) is 18.6. The first kappa shape index (κ1) is 36.9. The third-order valence-electron chi connectivity index (χ3n) is 7.81. The van der Waals surface area contributed by atoms with Crippen molar-refractivity contribution in [2.24, 2.45) is 0 Å². The summed E-state index contributed by atoms with van der Waals surface area (Å²) in [7, 11) is 0. The molecular formula is C34H66O4. The Balaban J connectivity index is 3.65. The topological polar surface area (TPSA) is 63.6 Å². The van der Waals surface area contributed by atoms with Crippen molar-refractivity contribution in [1.82, 2.24) is 0 Å². The fourth-order valence-electron chi connectivity index (χ4n) is 5.32. The van der Waals surface area contributed by atoms with E-state index in [0.717, 1.165) is 25.7 Å². The number of hydrogen-bond donors (Lipinski definition) is 1. The standard InChI is InChI=1S/C34H66O4/c1-3-5-7-9-11-13-15-17-19-21-23-25-27-29-32(31-33(35)36)38-34(37)30-28-26-24-22-20-18-16-14-12-10-8-6-4-2/h32H,3-31H2,1-2H3,(H,35,36). The highest BCUT2D eigenvalue weighted by Crippen LogP contribution is 2.17. The van der Waals surface area contributed by atoms with Crippen LogP contribution in [0.3, 0.4) is 0 Å². The predicted molar refractivity (Wildman–Crippen MR) is 163 cm³/mol. The van der Waals surface area contributed by atoms with E-state index in [2.05, 4.69) is 13.8 Å². The number of carboxylic acids is 1. The van der Waals surface area contributed by atoms with Gasteiger partial charge in [-0.1, -0.05) is 168 Å². The van der Waals surface area contributed by atoms with Crippen LogP contribution >= 0.6 is 0 Å². The van der Waals surface area contributed by atoms with Crippen molar-refractivity contribution >= 4 is 11.9 Å². The molecule has 0 aliphatic carbocycles.